The fraction of sp³-hybridized carbons (Fsp3) is 0.231. The third-order valence-corrected chi connectivity index (χ3v) is 9.52. The second-order valence-corrected chi connectivity index (χ2v) is 11.9. The van der Waals surface area contributed by atoms with Crippen molar-refractivity contribution in [1.82, 2.24) is 0 Å². The smallest absolute Gasteiger partial charge is 0.468 e. The van der Waals surface area contributed by atoms with Crippen LogP contribution in [0.5, 0.6) is 0 Å². The van der Waals surface area contributed by atoms with Gasteiger partial charge in [-0.25, -0.2) is 28.2 Å². The van der Waals surface area contributed by atoms with Crippen molar-refractivity contribution in [1.29, 1.82) is 0 Å². The largest absolute Gasteiger partial charge is 1.00 e. The molecule has 0 aliphatic heterocycles. The van der Waals surface area contributed by atoms with E-state index in [1.165, 1.54) is 48.5 Å². The van der Waals surface area contributed by atoms with Crippen molar-refractivity contribution in [2.24, 2.45) is 5.41 Å². The first-order valence-corrected chi connectivity index (χ1v) is 13.8. The molecule has 13 heteroatoms. The van der Waals surface area contributed by atoms with Gasteiger partial charge in [0.15, 0.2) is 15.3 Å². The van der Waals surface area contributed by atoms with E-state index in [1.807, 2.05) is 0 Å². The van der Waals surface area contributed by atoms with Crippen molar-refractivity contribution in [3.05, 3.63) is 89.5 Å². The van der Waals surface area contributed by atoms with Crippen LogP contribution >= 0.6 is 0 Å². The number of carbonyl (C=O) groups is 3. The van der Waals surface area contributed by atoms with E-state index >= 15 is 0 Å². The second-order valence-electron chi connectivity index (χ2n) is 7.99. The molecule has 0 aliphatic carbocycles. The number of benzene rings is 2. The van der Waals surface area contributed by atoms with Crippen LogP contribution in [0.4, 0.5) is 0 Å². The van der Waals surface area contributed by atoms with Gasteiger partial charge in [0, 0.05) is 12.0 Å². The Kier molecular flexibility index (Phi) is 12.2. The predicted molar refractivity (Wildman–Crippen MR) is 136 cm³/mol. The molecular formula is C26H27NaO10S2. The van der Waals surface area contributed by atoms with Crippen LogP contribution in [0.15, 0.2) is 94.1 Å². The van der Waals surface area contributed by atoms with Gasteiger partial charge >= 0.3 is 47.5 Å². The minimum atomic E-state index is -4.69. The molecule has 2 aromatic rings. The van der Waals surface area contributed by atoms with Crippen LogP contribution in [0, 0.1) is 10.7 Å². The van der Waals surface area contributed by atoms with Crippen LogP contribution in [-0.4, -0.2) is 56.1 Å². The van der Waals surface area contributed by atoms with E-state index in [0.717, 1.165) is 21.3 Å². The molecule has 2 aromatic carbocycles. The zero-order valence-corrected chi connectivity index (χ0v) is 25.6. The Morgan fingerprint density at radius 1 is 0.769 bits per heavy atom. The van der Waals surface area contributed by atoms with Crippen molar-refractivity contribution in [2.75, 3.05) is 21.3 Å². The Morgan fingerprint density at radius 2 is 1.21 bits per heavy atom. The number of methoxy groups -OCH3 is 3. The zero-order chi connectivity index (χ0) is 28.7. The summed E-state index contributed by atoms with van der Waals surface area (Å²) < 4.78 is 68.9. The summed E-state index contributed by atoms with van der Waals surface area (Å²) in [4.78, 5) is 36.9. The number of esters is 3. The summed E-state index contributed by atoms with van der Waals surface area (Å²) in [6, 6.07) is 13.7. The number of hydrogen-bond donors (Lipinski definition) is 0. The molecule has 0 heterocycles. The topological polar surface area (TPSA) is 147 Å². The molecule has 0 radical (unpaired) electrons. The minimum Gasteiger partial charge on any atom is -0.468 e. The molecule has 10 nitrogen and oxygen atoms in total. The predicted octanol–water partition coefficient (Wildman–Crippen LogP) is -0.174. The zero-order valence-electron chi connectivity index (χ0n) is 22.0. The maximum Gasteiger partial charge on any atom is 1.00 e. The maximum absolute atomic E-state index is 13.8. The van der Waals surface area contributed by atoms with Gasteiger partial charge in [0.2, 0.25) is 0 Å². The summed E-state index contributed by atoms with van der Waals surface area (Å²) >= 11 is 0. The van der Waals surface area contributed by atoms with E-state index in [2.05, 4.69) is 17.9 Å². The van der Waals surface area contributed by atoms with E-state index in [0.29, 0.717) is 0 Å². The Hall–Kier alpha value is -2.90. The Bertz CT molecular complexity index is 1420. The molecule has 0 spiro atoms. The molecule has 0 amide bonds. The van der Waals surface area contributed by atoms with Crippen molar-refractivity contribution in [3.8, 4) is 0 Å². The molecule has 204 valence electrons. The van der Waals surface area contributed by atoms with Crippen LogP contribution < -0.4 is 29.6 Å². The Morgan fingerprint density at radius 3 is 1.62 bits per heavy atom. The average molecular weight is 587 g/mol. The molecule has 0 atom stereocenters. The third-order valence-electron chi connectivity index (χ3n) is 5.67. The Labute approximate surface area is 250 Å². The van der Waals surface area contributed by atoms with Crippen molar-refractivity contribution in [3.63, 3.8) is 0 Å². The van der Waals surface area contributed by atoms with Gasteiger partial charge in [-0.15, -0.1) is 0 Å². The molecule has 39 heavy (non-hydrogen) atoms. The maximum atomic E-state index is 13.8. The van der Waals surface area contributed by atoms with Gasteiger partial charge in [-0.1, -0.05) is 59.6 Å². The summed E-state index contributed by atoms with van der Waals surface area (Å²) in [6.07, 6.45) is -1.88. The third kappa shape index (κ3) is 7.20. The average Bonchev–Trinajstić information content (AvgIpc) is 2.94. The minimum absolute atomic E-state index is 0. The molecule has 0 saturated heterocycles. The van der Waals surface area contributed by atoms with Crippen LogP contribution in [-0.2, 0) is 48.3 Å². The molecule has 0 aliphatic rings. The number of rotatable bonds is 12. The fourth-order valence-electron chi connectivity index (χ4n) is 3.66. The van der Waals surface area contributed by atoms with Crippen LogP contribution in [0.25, 0.3) is 0 Å². The van der Waals surface area contributed by atoms with Gasteiger partial charge in [0.05, 0.1) is 31.1 Å². The molecule has 0 bridgehead atoms. The van der Waals surface area contributed by atoms with Gasteiger partial charge in [-0.05, 0) is 24.3 Å². The molecule has 2 rings (SSSR count). The molecule has 0 unspecified atom stereocenters. The number of hydrogen-bond acceptors (Lipinski definition) is 10. The summed E-state index contributed by atoms with van der Waals surface area (Å²) in [5.74, 6) is -3.58. The standard InChI is InChI=1S/C26H27O10S2.Na/c1-18(23(27)34-3)16-26(24(28)35-4,25(29)36-5)17-22(38(32,33)21-14-10-7-11-15-21)19(2)37(30,31)20-12-8-6-9-13-20;/h6-15H,1-2,16-17H2,3-5H3;/q-1;+1. The van der Waals surface area contributed by atoms with Gasteiger partial charge in [-0.2, -0.15) is 0 Å². The van der Waals surface area contributed by atoms with Crippen molar-refractivity contribution >= 4 is 37.6 Å². The van der Waals surface area contributed by atoms with Crippen LogP contribution in [0.2, 0.25) is 0 Å². The normalized spacial score (nSPS) is 11.4. The van der Waals surface area contributed by atoms with E-state index in [-0.39, 0.29) is 39.3 Å². The molecule has 0 N–H and O–H groups in total. The number of sulfone groups is 2. The van der Waals surface area contributed by atoms with E-state index in [1.54, 1.807) is 12.1 Å². The molecule has 0 aromatic heterocycles. The monoisotopic (exact) mass is 586 g/mol. The molecule has 0 fully saturated rings. The Balaban J connectivity index is 0.00000760. The summed E-state index contributed by atoms with van der Waals surface area (Å²) in [5, 5.41) is -0.874. The fourth-order valence-corrected chi connectivity index (χ4v) is 7.02. The first-order chi connectivity index (χ1) is 17.8. The van der Waals surface area contributed by atoms with E-state index < -0.39 is 71.6 Å². The van der Waals surface area contributed by atoms with Gasteiger partial charge in [-0.3, -0.25) is 9.59 Å². The van der Waals surface area contributed by atoms with Crippen LogP contribution in [0.3, 0.4) is 0 Å². The van der Waals surface area contributed by atoms with Crippen molar-refractivity contribution < 1.29 is 75.0 Å². The summed E-state index contributed by atoms with van der Waals surface area (Å²) in [7, 11) is -6.33. The first-order valence-electron chi connectivity index (χ1n) is 10.9. The van der Waals surface area contributed by atoms with Gasteiger partial charge in [0.25, 0.3) is 0 Å². The summed E-state index contributed by atoms with van der Waals surface area (Å²) in [5.41, 5.74) is -2.93. The van der Waals surface area contributed by atoms with E-state index in [4.69, 9.17) is 9.47 Å². The quantitative estimate of drug-likeness (QED) is 0.0820. The van der Waals surface area contributed by atoms with Crippen LogP contribution in [0.1, 0.15) is 12.8 Å². The number of carbonyl (C=O) groups excluding carboxylic acids is 3. The first kappa shape index (κ1) is 34.1. The summed E-state index contributed by atoms with van der Waals surface area (Å²) in [6.45, 7) is 7.08. The van der Waals surface area contributed by atoms with Crippen molar-refractivity contribution in [2.45, 2.75) is 22.6 Å². The van der Waals surface area contributed by atoms with Gasteiger partial charge < -0.3 is 14.2 Å². The molecular weight excluding hydrogens is 559 g/mol. The van der Waals surface area contributed by atoms with Gasteiger partial charge in [0.1, 0.15) is 9.84 Å². The second kappa shape index (κ2) is 13.9. The van der Waals surface area contributed by atoms with E-state index in [9.17, 15) is 31.2 Å². The molecule has 0 saturated carbocycles. The SMILES string of the molecule is C=C(CC(C[C-](C(=C)S(=O)(=O)c1ccccc1)S(=O)(=O)c1ccccc1)(C(=O)OC)C(=O)OC)C(=O)OC.[Na+]. The number of ether oxygens (including phenoxy) is 3.